The molecule has 6 nitrogen and oxygen atoms in total. The average Bonchev–Trinajstić information content (AvgIpc) is 3.14. The minimum atomic E-state index is -0.623. The van der Waals surface area contributed by atoms with E-state index in [1.54, 1.807) is 0 Å². The second kappa shape index (κ2) is 6.91. The van der Waals surface area contributed by atoms with Crippen molar-refractivity contribution in [2.75, 3.05) is 6.54 Å². The van der Waals surface area contributed by atoms with Crippen molar-refractivity contribution < 1.29 is 5.11 Å². The molecule has 0 aliphatic carbocycles. The standard InChI is InChI=1S/C18H26N4O2/c1-18(2,24)10-9-13-5-7-14(8-6-13)12-22-11-3-4-15(22)16-19-17(23)21-20-16/h5-8,15,24H,3-4,9-12H2,1-2H3,(H2,19,20,21,23). The van der Waals surface area contributed by atoms with E-state index in [1.165, 1.54) is 11.1 Å². The quantitative estimate of drug-likeness (QED) is 0.757. The average molecular weight is 330 g/mol. The number of aryl methyl sites for hydroxylation is 1. The van der Waals surface area contributed by atoms with Crippen LogP contribution in [0.25, 0.3) is 0 Å². The molecular weight excluding hydrogens is 304 g/mol. The Labute approximate surface area is 141 Å². The van der Waals surface area contributed by atoms with Gasteiger partial charge in [-0.05, 0) is 57.2 Å². The normalized spacial score (nSPS) is 19.0. The number of hydrogen-bond donors (Lipinski definition) is 3. The van der Waals surface area contributed by atoms with Gasteiger partial charge in [-0.3, -0.25) is 9.88 Å². The monoisotopic (exact) mass is 330 g/mol. The zero-order valence-corrected chi connectivity index (χ0v) is 14.4. The first-order valence-corrected chi connectivity index (χ1v) is 8.59. The summed E-state index contributed by atoms with van der Waals surface area (Å²) in [6.07, 6.45) is 3.77. The van der Waals surface area contributed by atoms with Gasteiger partial charge in [-0.1, -0.05) is 24.3 Å². The lowest BCUT2D eigenvalue weighted by Crippen LogP contribution is -2.24. The van der Waals surface area contributed by atoms with Gasteiger partial charge in [0.2, 0.25) is 0 Å². The number of benzene rings is 1. The number of nitrogens with zero attached hydrogens (tertiary/aromatic N) is 2. The number of nitrogens with one attached hydrogen (secondary N) is 2. The molecule has 0 amide bonds. The van der Waals surface area contributed by atoms with Crippen molar-refractivity contribution >= 4 is 0 Å². The molecule has 24 heavy (non-hydrogen) atoms. The number of rotatable bonds is 6. The Morgan fingerprint density at radius 2 is 2.00 bits per heavy atom. The van der Waals surface area contributed by atoms with Crippen molar-refractivity contribution in [1.82, 2.24) is 20.1 Å². The summed E-state index contributed by atoms with van der Waals surface area (Å²) in [4.78, 5) is 16.4. The first-order chi connectivity index (χ1) is 11.4. The largest absolute Gasteiger partial charge is 0.390 e. The maximum atomic E-state index is 11.3. The third-order valence-corrected chi connectivity index (χ3v) is 4.63. The molecule has 0 bridgehead atoms. The van der Waals surface area contributed by atoms with Gasteiger partial charge in [0.15, 0.2) is 0 Å². The van der Waals surface area contributed by atoms with Gasteiger partial charge in [0.1, 0.15) is 5.82 Å². The molecule has 1 atom stereocenters. The van der Waals surface area contributed by atoms with E-state index < -0.39 is 5.60 Å². The highest BCUT2D eigenvalue weighted by Gasteiger charge is 2.28. The maximum Gasteiger partial charge on any atom is 0.340 e. The minimum Gasteiger partial charge on any atom is -0.390 e. The molecule has 1 aromatic heterocycles. The van der Waals surface area contributed by atoms with Crippen molar-refractivity contribution in [3.63, 3.8) is 0 Å². The molecule has 6 heteroatoms. The van der Waals surface area contributed by atoms with Gasteiger partial charge < -0.3 is 5.11 Å². The van der Waals surface area contributed by atoms with Crippen LogP contribution in [0.3, 0.4) is 0 Å². The lowest BCUT2D eigenvalue weighted by Gasteiger charge is -2.22. The van der Waals surface area contributed by atoms with E-state index in [-0.39, 0.29) is 11.7 Å². The van der Waals surface area contributed by atoms with Crippen molar-refractivity contribution in [2.45, 2.75) is 57.7 Å². The van der Waals surface area contributed by atoms with Crippen LogP contribution in [0.4, 0.5) is 0 Å². The first kappa shape index (κ1) is 16.9. The summed E-state index contributed by atoms with van der Waals surface area (Å²) in [5, 5.41) is 16.4. The Kier molecular flexibility index (Phi) is 4.87. The molecule has 2 aromatic rings. The fourth-order valence-electron chi connectivity index (χ4n) is 3.26. The van der Waals surface area contributed by atoms with Gasteiger partial charge in [0.25, 0.3) is 0 Å². The number of aromatic nitrogens is 3. The Morgan fingerprint density at radius 1 is 1.29 bits per heavy atom. The Balaban J connectivity index is 1.62. The highest BCUT2D eigenvalue weighted by molar-refractivity contribution is 5.23. The number of H-pyrrole nitrogens is 2. The van der Waals surface area contributed by atoms with Crippen LogP contribution in [0.5, 0.6) is 0 Å². The van der Waals surface area contributed by atoms with E-state index in [9.17, 15) is 9.90 Å². The Morgan fingerprint density at radius 3 is 2.62 bits per heavy atom. The maximum absolute atomic E-state index is 11.3. The third kappa shape index (κ3) is 4.33. The molecular formula is C18H26N4O2. The summed E-state index contributed by atoms with van der Waals surface area (Å²) in [6, 6.07) is 8.77. The van der Waals surface area contributed by atoms with Gasteiger partial charge in [0, 0.05) is 6.54 Å². The summed E-state index contributed by atoms with van der Waals surface area (Å²) in [6.45, 7) is 5.55. The van der Waals surface area contributed by atoms with Gasteiger partial charge in [0.05, 0.1) is 11.6 Å². The summed E-state index contributed by atoms with van der Waals surface area (Å²) < 4.78 is 0. The number of aromatic amines is 2. The van der Waals surface area contributed by atoms with Crippen LogP contribution in [-0.4, -0.2) is 37.3 Å². The molecule has 3 N–H and O–H groups in total. The summed E-state index contributed by atoms with van der Waals surface area (Å²) >= 11 is 0. The molecule has 0 spiro atoms. The summed E-state index contributed by atoms with van der Waals surface area (Å²) in [5.41, 5.74) is 1.64. The smallest absolute Gasteiger partial charge is 0.340 e. The number of likely N-dealkylation sites (tertiary alicyclic amines) is 1. The molecule has 0 radical (unpaired) electrons. The van der Waals surface area contributed by atoms with Crippen molar-refractivity contribution in [2.24, 2.45) is 0 Å². The fourth-order valence-corrected chi connectivity index (χ4v) is 3.26. The van der Waals surface area contributed by atoms with Crippen LogP contribution in [0.15, 0.2) is 29.1 Å². The predicted molar refractivity (Wildman–Crippen MR) is 92.7 cm³/mol. The van der Waals surface area contributed by atoms with E-state index in [2.05, 4.69) is 44.3 Å². The van der Waals surface area contributed by atoms with E-state index in [1.807, 2.05) is 13.8 Å². The van der Waals surface area contributed by atoms with E-state index in [4.69, 9.17) is 0 Å². The van der Waals surface area contributed by atoms with Gasteiger partial charge >= 0.3 is 5.69 Å². The summed E-state index contributed by atoms with van der Waals surface area (Å²) in [5.74, 6) is 0.735. The van der Waals surface area contributed by atoms with Crippen LogP contribution in [0.1, 0.15) is 56.1 Å². The molecule has 1 unspecified atom stereocenters. The van der Waals surface area contributed by atoms with Gasteiger partial charge in [-0.15, -0.1) is 0 Å². The minimum absolute atomic E-state index is 0.179. The van der Waals surface area contributed by atoms with E-state index in [0.29, 0.717) is 0 Å². The lowest BCUT2D eigenvalue weighted by molar-refractivity contribution is 0.0714. The molecule has 0 saturated carbocycles. The molecule has 2 heterocycles. The number of hydrogen-bond acceptors (Lipinski definition) is 4. The van der Waals surface area contributed by atoms with Crippen molar-refractivity contribution in [1.29, 1.82) is 0 Å². The van der Waals surface area contributed by atoms with Gasteiger partial charge in [-0.2, -0.15) is 5.10 Å². The third-order valence-electron chi connectivity index (χ3n) is 4.63. The van der Waals surface area contributed by atoms with Crippen LogP contribution >= 0.6 is 0 Å². The lowest BCUT2D eigenvalue weighted by atomic mass is 9.98. The van der Waals surface area contributed by atoms with Crippen molar-refractivity contribution in [3.8, 4) is 0 Å². The zero-order valence-electron chi connectivity index (χ0n) is 14.4. The second-order valence-electron chi connectivity index (χ2n) is 7.32. The SMILES string of the molecule is CC(C)(O)CCc1ccc(CN2CCCC2c2n[nH]c(=O)[nH]2)cc1. The molecule has 1 aliphatic rings. The van der Waals surface area contributed by atoms with Gasteiger partial charge in [-0.25, -0.2) is 9.89 Å². The van der Waals surface area contributed by atoms with Crippen LogP contribution in [-0.2, 0) is 13.0 Å². The Bertz CT molecular complexity index is 712. The van der Waals surface area contributed by atoms with Crippen LogP contribution in [0, 0.1) is 0 Å². The van der Waals surface area contributed by atoms with Crippen molar-refractivity contribution in [3.05, 3.63) is 51.7 Å². The zero-order chi connectivity index (χ0) is 17.2. The highest BCUT2D eigenvalue weighted by Crippen LogP contribution is 2.30. The predicted octanol–water partition coefficient (Wildman–Crippen LogP) is 2.14. The Hall–Kier alpha value is -1.92. The number of aliphatic hydroxyl groups is 1. The topological polar surface area (TPSA) is 85.0 Å². The molecule has 3 rings (SSSR count). The van der Waals surface area contributed by atoms with Crippen LogP contribution < -0.4 is 5.69 Å². The molecule has 1 aromatic carbocycles. The molecule has 130 valence electrons. The molecule has 1 aliphatic heterocycles. The second-order valence-corrected chi connectivity index (χ2v) is 7.32. The highest BCUT2D eigenvalue weighted by atomic mass is 16.3. The molecule has 1 saturated heterocycles. The van der Waals surface area contributed by atoms with Crippen LogP contribution in [0.2, 0.25) is 0 Å². The molecule has 1 fully saturated rings. The van der Waals surface area contributed by atoms with E-state index >= 15 is 0 Å². The van der Waals surface area contributed by atoms with E-state index in [0.717, 1.165) is 44.6 Å². The fraction of sp³-hybridized carbons (Fsp3) is 0.556. The summed E-state index contributed by atoms with van der Waals surface area (Å²) in [7, 11) is 0. The first-order valence-electron chi connectivity index (χ1n) is 8.59.